The summed E-state index contributed by atoms with van der Waals surface area (Å²) in [5.74, 6) is -0.271. The topological polar surface area (TPSA) is 55.6 Å². The minimum atomic E-state index is -0.271. The van der Waals surface area contributed by atoms with Crippen LogP contribution in [0.2, 0.25) is 0 Å². The molecular formula is C10H20N2O2. The maximum absolute atomic E-state index is 11.2. The molecule has 1 fully saturated rings. The van der Waals surface area contributed by atoms with Gasteiger partial charge in [0.05, 0.1) is 13.2 Å². The molecule has 4 heteroatoms. The lowest BCUT2D eigenvalue weighted by molar-refractivity contribution is -0.131. The van der Waals surface area contributed by atoms with E-state index in [9.17, 15) is 4.79 Å². The van der Waals surface area contributed by atoms with Crippen LogP contribution in [0.1, 0.15) is 26.7 Å². The number of carbonyl (C=O) groups excluding carboxylic acids is 1. The lowest BCUT2D eigenvalue weighted by Crippen LogP contribution is -2.55. The molecule has 0 aromatic rings. The van der Waals surface area contributed by atoms with Gasteiger partial charge in [0.1, 0.15) is 6.04 Å². The summed E-state index contributed by atoms with van der Waals surface area (Å²) in [6.45, 7) is 6.26. The highest BCUT2D eigenvalue weighted by molar-refractivity contribution is 5.80. The van der Waals surface area contributed by atoms with E-state index < -0.39 is 0 Å². The number of hydrogen-bond acceptors (Lipinski definition) is 3. The third kappa shape index (κ3) is 2.69. The first-order chi connectivity index (χ1) is 6.66. The molecule has 4 nitrogen and oxygen atoms in total. The number of carbonyl (C=O) groups is 1. The summed E-state index contributed by atoms with van der Waals surface area (Å²) < 4.78 is 5.26. The summed E-state index contributed by atoms with van der Waals surface area (Å²) >= 11 is 0. The van der Waals surface area contributed by atoms with E-state index in [4.69, 9.17) is 10.5 Å². The fourth-order valence-corrected chi connectivity index (χ4v) is 1.97. The van der Waals surface area contributed by atoms with Gasteiger partial charge in [0.25, 0.3) is 0 Å². The molecule has 1 aliphatic heterocycles. The fourth-order valence-electron chi connectivity index (χ4n) is 1.97. The number of hydrogen-bond donors (Lipinski definition) is 1. The van der Waals surface area contributed by atoms with Crippen molar-refractivity contribution in [3.63, 3.8) is 0 Å². The molecule has 0 aromatic carbocycles. The van der Waals surface area contributed by atoms with E-state index in [-0.39, 0.29) is 11.9 Å². The summed E-state index contributed by atoms with van der Waals surface area (Å²) in [5.41, 5.74) is 5.33. The predicted octanol–water partition coefficient (Wildman–Crippen LogP) is 0.361. The van der Waals surface area contributed by atoms with Crippen LogP contribution in [-0.2, 0) is 9.53 Å². The van der Waals surface area contributed by atoms with Crippen molar-refractivity contribution in [3.05, 3.63) is 0 Å². The number of amides is 1. The Bertz CT molecular complexity index is 197. The zero-order chi connectivity index (χ0) is 10.6. The van der Waals surface area contributed by atoms with Crippen molar-refractivity contribution in [2.75, 3.05) is 19.8 Å². The lowest BCUT2D eigenvalue weighted by Gasteiger charge is -2.37. The Kier molecular flexibility index (Phi) is 4.35. The zero-order valence-corrected chi connectivity index (χ0v) is 9.03. The van der Waals surface area contributed by atoms with Crippen molar-refractivity contribution in [2.24, 2.45) is 5.73 Å². The van der Waals surface area contributed by atoms with E-state index in [2.05, 4.69) is 18.7 Å². The first-order valence-corrected chi connectivity index (χ1v) is 5.29. The number of nitrogens with two attached hydrogens (primary N) is 1. The zero-order valence-electron chi connectivity index (χ0n) is 9.03. The number of nitrogens with zero attached hydrogens (tertiary/aromatic N) is 1. The Hall–Kier alpha value is -0.610. The first kappa shape index (κ1) is 11.5. The molecule has 1 aliphatic rings. The van der Waals surface area contributed by atoms with Crippen LogP contribution in [0, 0.1) is 0 Å². The molecule has 2 atom stereocenters. The maximum Gasteiger partial charge on any atom is 0.237 e. The van der Waals surface area contributed by atoms with Gasteiger partial charge in [0.15, 0.2) is 0 Å². The molecule has 82 valence electrons. The average molecular weight is 200 g/mol. The van der Waals surface area contributed by atoms with E-state index >= 15 is 0 Å². The quantitative estimate of drug-likeness (QED) is 0.713. The molecule has 14 heavy (non-hydrogen) atoms. The van der Waals surface area contributed by atoms with Gasteiger partial charge >= 0.3 is 0 Å². The largest absolute Gasteiger partial charge is 0.378 e. The van der Waals surface area contributed by atoms with Crippen LogP contribution in [0.15, 0.2) is 0 Å². The van der Waals surface area contributed by atoms with Crippen LogP contribution < -0.4 is 5.73 Å². The molecular weight excluding hydrogens is 180 g/mol. The maximum atomic E-state index is 11.2. The van der Waals surface area contributed by atoms with Crippen molar-refractivity contribution in [3.8, 4) is 0 Å². The normalized spacial score (nSPS) is 26.0. The van der Waals surface area contributed by atoms with Crippen LogP contribution in [-0.4, -0.2) is 42.6 Å². The molecule has 2 N–H and O–H groups in total. The minimum absolute atomic E-state index is 0.231. The highest BCUT2D eigenvalue weighted by Gasteiger charge is 2.30. The van der Waals surface area contributed by atoms with Gasteiger partial charge in [-0.15, -0.1) is 0 Å². The fraction of sp³-hybridized carbons (Fsp3) is 0.900. The molecule has 0 radical (unpaired) electrons. The van der Waals surface area contributed by atoms with Gasteiger partial charge in [-0.3, -0.25) is 9.69 Å². The molecule has 0 saturated carbocycles. The minimum Gasteiger partial charge on any atom is -0.378 e. The molecule has 0 aliphatic carbocycles. The second-order valence-corrected chi connectivity index (χ2v) is 3.87. The van der Waals surface area contributed by atoms with Crippen molar-refractivity contribution >= 4 is 5.91 Å². The number of morpholine rings is 1. The number of ether oxygens (including phenoxy) is 1. The molecule has 1 saturated heterocycles. The molecule has 0 bridgehead atoms. The van der Waals surface area contributed by atoms with Crippen molar-refractivity contribution in [1.82, 2.24) is 4.90 Å². The van der Waals surface area contributed by atoms with Gasteiger partial charge in [-0.2, -0.15) is 0 Å². The summed E-state index contributed by atoms with van der Waals surface area (Å²) in [7, 11) is 0. The van der Waals surface area contributed by atoms with Gasteiger partial charge in [-0.1, -0.05) is 13.3 Å². The summed E-state index contributed by atoms with van der Waals surface area (Å²) in [5, 5.41) is 0. The third-order valence-electron chi connectivity index (χ3n) is 2.77. The van der Waals surface area contributed by atoms with Crippen LogP contribution in [0.5, 0.6) is 0 Å². The standard InChI is InChI=1S/C10H20N2O2/c1-3-4-8(2)12-5-6-14-7-9(12)10(11)13/h8-9H,3-7H2,1-2H3,(H2,11,13). The molecule has 2 unspecified atom stereocenters. The molecule has 1 amide bonds. The first-order valence-electron chi connectivity index (χ1n) is 5.29. The van der Waals surface area contributed by atoms with Gasteiger partial charge < -0.3 is 10.5 Å². The Balaban J connectivity index is 2.57. The molecule has 1 heterocycles. The average Bonchev–Trinajstić information content (AvgIpc) is 2.18. The summed E-state index contributed by atoms with van der Waals surface area (Å²) in [6, 6.07) is 0.187. The van der Waals surface area contributed by atoms with E-state index in [0.29, 0.717) is 19.3 Å². The highest BCUT2D eigenvalue weighted by Crippen LogP contribution is 2.14. The second-order valence-electron chi connectivity index (χ2n) is 3.87. The lowest BCUT2D eigenvalue weighted by atomic mass is 10.1. The third-order valence-corrected chi connectivity index (χ3v) is 2.77. The Labute approximate surface area is 85.4 Å². The Morgan fingerprint density at radius 1 is 1.71 bits per heavy atom. The van der Waals surface area contributed by atoms with Gasteiger partial charge in [-0.25, -0.2) is 0 Å². The number of primary amides is 1. The van der Waals surface area contributed by atoms with Crippen LogP contribution >= 0.6 is 0 Å². The Morgan fingerprint density at radius 2 is 2.43 bits per heavy atom. The molecule has 0 aromatic heterocycles. The molecule has 1 rings (SSSR count). The van der Waals surface area contributed by atoms with Crippen LogP contribution in [0.3, 0.4) is 0 Å². The van der Waals surface area contributed by atoms with Crippen molar-refractivity contribution in [2.45, 2.75) is 38.8 Å². The molecule has 0 spiro atoms. The SMILES string of the molecule is CCCC(C)N1CCOCC1C(N)=O. The monoisotopic (exact) mass is 200 g/mol. The van der Waals surface area contributed by atoms with E-state index in [0.717, 1.165) is 19.4 Å². The van der Waals surface area contributed by atoms with E-state index in [1.165, 1.54) is 0 Å². The van der Waals surface area contributed by atoms with E-state index in [1.54, 1.807) is 0 Å². The number of rotatable bonds is 4. The van der Waals surface area contributed by atoms with Gasteiger partial charge in [0.2, 0.25) is 5.91 Å². The van der Waals surface area contributed by atoms with Gasteiger partial charge in [-0.05, 0) is 13.3 Å². The van der Waals surface area contributed by atoms with Crippen LogP contribution in [0.25, 0.3) is 0 Å². The van der Waals surface area contributed by atoms with E-state index in [1.807, 2.05) is 0 Å². The second kappa shape index (κ2) is 5.32. The highest BCUT2D eigenvalue weighted by atomic mass is 16.5. The van der Waals surface area contributed by atoms with Crippen molar-refractivity contribution < 1.29 is 9.53 Å². The Morgan fingerprint density at radius 3 is 3.00 bits per heavy atom. The van der Waals surface area contributed by atoms with Crippen LogP contribution in [0.4, 0.5) is 0 Å². The summed E-state index contributed by atoms with van der Waals surface area (Å²) in [4.78, 5) is 13.3. The summed E-state index contributed by atoms with van der Waals surface area (Å²) in [6.07, 6.45) is 2.23. The van der Waals surface area contributed by atoms with Crippen molar-refractivity contribution in [1.29, 1.82) is 0 Å². The van der Waals surface area contributed by atoms with Gasteiger partial charge in [0, 0.05) is 12.6 Å². The predicted molar refractivity (Wildman–Crippen MR) is 54.9 cm³/mol. The smallest absolute Gasteiger partial charge is 0.237 e.